The van der Waals surface area contributed by atoms with Crippen molar-refractivity contribution in [1.29, 1.82) is 0 Å². The van der Waals surface area contributed by atoms with Crippen molar-refractivity contribution in [2.75, 3.05) is 31.6 Å². The van der Waals surface area contributed by atoms with E-state index < -0.39 is 0 Å². The van der Waals surface area contributed by atoms with Crippen molar-refractivity contribution >= 4 is 11.6 Å². The van der Waals surface area contributed by atoms with Gasteiger partial charge in [0.25, 0.3) is 5.91 Å². The van der Waals surface area contributed by atoms with Gasteiger partial charge in [0.15, 0.2) is 0 Å². The monoisotopic (exact) mass is 274 g/mol. The van der Waals surface area contributed by atoms with Crippen molar-refractivity contribution in [2.45, 2.75) is 25.7 Å². The molecule has 3 rings (SSSR count). The average Bonchev–Trinajstić information content (AvgIpc) is 2.95. The van der Waals surface area contributed by atoms with Crippen molar-refractivity contribution < 1.29 is 9.90 Å². The standard InChI is InChI=1S/C16H22N2O2/c19-10-7-12-6-9-18(11-12)16(20)14-3-1-5-15-13(14)4-2-8-17-15/h1,3,5,12,17,19H,2,4,6-11H2. The molecule has 1 fully saturated rings. The van der Waals surface area contributed by atoms with Gasteiger partial charge in [-0.25, -0.2) is 0 Å². The molecule has 1 amide bonds. The summed E-state index contributed by atoms with van der Waals surface area (Å²) in [6, 6.07) is 5.98. The highest BCUT2D eigenvalue weighted by Gasteiger charge is 2.28. The van der Waals surface area contributed by atoms with Crippen LogP contribution in [0.15, 0.2) is 18.2 Å². The van der Waals surface area contributed by atoms with Crippen LogP contribution in [0, 0.1) is 5.92 Å². The van der Waals surface area contributed by atoms with E-state index in [0.29, 0.717) is 5.92 Å². The van der Waals surface area contributed by atoms with Gasteiger partial charge in [-0.2, -0.15) is 0 Å². The van der Waals surface area contributed by atoms with Crippen LogP contribution in [0.5, 0.6) is 0 Å². The molecule has 1 saturated heterocycles. The third-order valence-electron chi connectivity index (χ3n) is 4.44. The number of rotatable bonds is 3. The summed E-state index contributed by atoms with van der Waals surface area (Å²) in [6.07, 6.45) is 3.89. The van der Waals surface area contributed by atoms with E-state index in [2.05, 4.69) is 11.4 Å². The molecule has 2 aliphatic heterocycles. The summed E-state index contributed by atoms with van der Waals surface area (Å²) >= 11 is 0. The minimum absolute atomic E-state index is 0.158. The van der Waals surface area contributed by atoms with E-state index in [-0.39, 0.29) is 12.5 Å². The third-order valence-corrected chi connectivity index (χ3v) is 4.44. The molecule has 2 N–H and O–H groups in total. The van der Waals surface area contributed by atoms with Crippen molar-refractivity contribution in [1.82, 2.24) is 4.90 Å². The number of fused-ring (bicyclic) bond motifs is 1. The van der Waals surface area contributed by atoms with Crippen LogP contribution in [0.1, 0.15) is 35.2 Å². The second-order valence-electron chi connectivity index (χ2n) is 5.78. The number of hydrogen-bond donors (Lipinski definition) is 2. The van der Waals surface area contributed by atoms with Crippen LogP contribution in [-0.2, 0) is 6.42 Å². The number of benzene rings is 1. The van der Waals surface area contributed by atoms with Gasteiger partial charge in [-0.05, 0) is 49.3 Å². The first-order valence-electron chi connectivity index (χ1n) is 7.55. The van der Waals surface area contributed by atoms with Gasteiger partial charge in [-0.1, -0.05) is 6.07 Å². The fourth-order valence-corrected chi connectivity index (χ4v) is 3.32. The summed E-state index contributed by atoms with van der Waals surface area (Å²) in [7, 11) is 0. The lowest BCUT2D eigenvalue weighted by Crippen LogP contribution is -2.30. The van der Waals surface area contributed by atoms with Crippen molar-refractivity contribution in [3.63, 3.8) is 0 Å². The van der Waals surface area contributed by atoms with E-state index in [1.165, 1.54) is 5.56 Å². The zero-order chi connectivity index (χ0) is 13.9. The summed E-state index contributed by atoms with van der Waals surface area (Å²) in [4.78, 5) is 14.7. The molecule has 4 nitrogen and oxygen atoms in total. The van der Waals surface area contributed by atoms with Crippen LogP contribution in [0.2, 0.25) is 0 Å². The fourth-order valence-electron chi connectivity index (χ4n) is 3.32. The molecule has 0 spiro atoms. The minimum atomic E-state index is 0.158. The summed E-state index contributed by atoms with van der Waals surface area (Å²) in [5, 5.41) is 12.4. The largest absolute Gasteiger partial charge is 0.396 e. The second-order valence-corrected chi connectivity index (χ2v) is 5.78. The Hall–Kier alpha value is -1.55. The molecule has 0 bridgehead atoms. The number of anilines is 1. The number of aliphatic hydroxyl groups excluding tert-OH is 1. The maximum absolute atomic E-state index is 12.7. The Morgan fingerprint density at radius 3 is 3.20 bits per heavy atom. The van der Waals surface area contributed by atoms with Crippen LogP contribution in [-0.4, -0.2) is 42.2 Å². The molecular weight excluding hydrogens is 252 g/mol. The second kappa shape index (κ2) is 5.83. The van der Waals surface area contributed by atoms with Gasteiger partial charge < -0.3 is 15.3 Å². The van der Waals surface area contributed by atoms with Gasteiger partial charge in [0, 0.05) is 37.5 Å². The summed E-state index contributed by atoms with van der Waals surface area (Å²) in [5.41, 5.74) is 3.15. The van der Waals surface area contributed by atoms with Crippen LogP contribution in [0.25, 0.3) is 0 Å². The van der Waals surface area contributed by atoms with Gasteiger partial charge in [0.1, 0.15) is 0 Å². The first kappa shape index (κ1) is 13.4. The van der Waals surface area contributed by atoms with E-state index in [1.807, 2.05) is 17.0 Å². The Morgan fingerprint density at radius 1 is 1.45 bits per heavy atom. The number of nitrogens with zero attached hydrogens (tertiary/aromatic N) is 1. The summed E-state index contributed by atoms with van der Waals surface area (Å²) in [5.74, 6) is 0.618. The van der Waals surface area contributed by atoms with Crippen molar-refractivity contribution in [3.05, 3.63) is 29.3 Å². The molecule has 0 aliphatic carbocycles. The Balaban J connectivity index is 1.78. The average molecular weight is 274 g/mol. The van der Waals surface area contributed by atoms with E-state index >= 15 is 0 Å². The molecule has 0 radical (unpaired) electrons. The van der Waals surface area contributed by atoms with E-state index in [0.717, 1.165) is 56.6 Å². The Labute approximate surface area is 119 Å². The number of amides is 1. The highest BCUT2D eigenvalue weighted by molar-refractivity contribution is 5.97. The number of likely N-dealkylation sites (tertiary alicyclic amines) is 1. The lowest BCUT2D eigenvalue weighted by atomic mass is 9.97. The molecule has 4 heteroatoms. The van der Waals surface area contributed by atoms with Crippen LogP contribution < -0.4 is 5.32 Å². The molecule has 1 aromatic rings. The normalized spacial score (nSPS) is 21.4. The SMILES string of the molecule is O=C(c1cccc2c1CCCN2)N1CCC(CCO)C1. The predicted octanol–water partition coefficient (Wildman–Crippen LogP) is 1.89. The molecule has 2 heterocycles. The third kappa shape index (κ3) is 2.52. The van der Waals surface area contributed by atoms with Gasteiger partial charge in [0.05, 0.1) is 0 Å². The molecule has 20 heavy (non-hydrogen) atoms. The first-order chi connectivity index (χ1) is 9.79. The lowest BCUT2D eigenvalue weighted by molar-refractivity contribution is 0.0783. The number of nitrogens with one attached hydrogen (secondary N) is 1. The molecule has 2 aliphatic rings. The highest BCUT2D eigenvalue weighted by atomic mass is 16.3. The number of carbonyl (C=O) groups excluding carboxylic acids is 1. The lowest BCUT2D eigenvalue weighted by Gasteiger charge is -2.23. The van der Waals surface area contributed by atoms with Gasteiger partial charge in [0.2, 0.25) is 0 Å². The van der Waals surface area contributed by atoms with Gasteiger partial charge in [-0.3, -0.25) is 4.79 Å². The molecule has 0 aromatic heterocycles. The Morgan fingerprint density at radius 2 is 2.35 bits per heavy atom. The fraction of sp³-hybridized carbons (Fsp3) is 0.562. The highest BCUT2D eigenvalue weighted by Crippen LogP contribution is 2.28. The minimum Gasteiger partial charge on any atom is -0.396 e. The smallest absolute Gasteiger partial charge is 0.254 e. The Kier molecular flexibility index (Phi) is 3.92. The molecule has 0 saturated carbocycles. The topological polar surface area (TPSA) is 52.6 Å². The molecular formula is C16H22N2O2. The molecule has 1 unspecified atom stereocenters. The Bertz CT molecular complexity index is 501. The van der Waals surface area contributed by atoms with E-state index in [9.17, 15) is 4.79 Å². The number of hydrogen-bond acceptors (Lipinski definition) is 3. The first-order valence-corrected chi connectivity index (χ1v) is 7.55. The zero-order valence-electron chi connectivity index (χ0n) is 11.8. The number of aliphatic hydroxyl groups is 1. The summed E-state index contributed by atoms with van der Waals surface area (Å²) < 4.78 is 0. The van der Waals surface area contributed by atoms with Crippen LogP contribution in [0.3, 0.4) is 0 Å². The molecule has 1 atom stereocenters. The quantitative estimate of drug-likeness (QED) is 0.885. The maximum atomic E-state index is 12.7. The van der Waals surface area contributed by atoms with Crippen LogP contribution in [0.4, 0.5) is 5.69 Å². The van der Waals surface area contributed by atoms with Gasteiger partial charge >= 0.3 is 0 Å². The predicted molar refractivity (Wildman–Crippen MR) is 79.0 cm³/mol. The number of carbonyl (C=O) groups is 1. The van der Waals surface area contributed by atoms with E-state index in [1.54, 1.807) is 0 Å². The van der Waals surface area contributed by atoms with E-state index in [4.69, 9.17) is 5.11 Å². The van der Waals surface area contributed by atoms with Crippen LogP contribution >= 0.6 is 0 Å². The summed E-state index contributed by atoms with van der Waals surface area (Å²) in [6.45, 7) is 2.82. The van der Waals surface area contributed by atoms with Crippen molar-refractivity contribution in [3.8, 4) is 0 Å². The molecule has 108 valence electrons. The van der Waals surface area contributed by atoms with Crippen molar-refractivity contribution in [2.24, 2.45) is 5.92 Å². The maximum Gasteiger partial charge on any atom is 0.254 e. The van der Waals surface area contributed by atoms with Gasteiger partial charge in [-0.15, -0.1) is 0 Å². The molecule has 1 aromatic carbocycles. The zero-order valence-corrected chi connectivity index (χ0v) is 11.8.